The number of nitrogens with zero attached hydrogens (tertiary/aromatic N) is 2. The van der Waals surface area contributed by atoms with Gasteiger partial charge in [0.1, 0.15) is 5.75 Å². The molecule has 0 aromatic heterocycles. The Labute approximate surface area is 194 Å². The van der Waals surface area contributed by atoms with Crippen molar-refractivity contribution in [3.63, 3.8) is 0 Å². The van der Waals surface area contributed by atoms with Crippen molar-refractivity contribution in [1.29, 1.82) is 0 Å². The van der Waals surface area contributed by atoms with E-state index in [2.05, 4.69) is 23.2 Å². The van der Waals surface area contributed by atoms with Crippen molar-refractivity contribution < 1.29 is 17.9 Å². The summed E-state index contributed by atoms with van der Waals surface area (Å²) in [5.41, 5.74) is 0.530. The van der Waals surface area contributed by atoms with Crippen LogP contribution in [0.1, 0.15) is 51.4 Å². The van der Waals surface area contributed by atoms with E-state index in [4.69, 9.17) is 9.47 Å². The van der Waals surface area contributed by atoms with Crippen LogP contribution in [0.25, 0.3) is 0 Å². The number of unbranched alkanes of at least 4 members (excludes halogenated alkanes) is 3. The second kappa shape index (κ2) is 13.8. The van der Waals surface area contributed by atoms with Crippen molar-refractivity contribution in [3.8, 4) is 5.75 Å². The molecule has 0 heterocycles. The van der Waals surface area contributed by atoms with E-state index in [1.54, 1.807) is 38.4 Å². The standard InChI is InChI=1S/C24H41N3O4S/c1-5-18-26(2)19-8-6-7-9-20-31-24-16-12-22(13-17-24)27(3)32(28,29)25-21-10-14-23(30-4)15-11-21/h5,10-11,14-15,22,24-25H,1,6-9,12-13,16-20H2,2-4H3. The lowest BCUT2D eigenvalue weighted by Crippen LogP contribution is -2.43. The molecule has 1 fully saturated rings. The van der Waals surface area contributed by atoms with Crippen LogP contribution in [-0.2, 0) is 14.9 Å². The van der Waals surface area contributed by atoms with Gasteiger partial charge < -0.3 is 14.4 Å². The average molecular weight is 468 g/mol. The molecule has 1 aliphatic rings. The maximum atomic E-state index is 12.8. The van der Waals surface area contributed by atoms with Crippen LogP contribution in [-0.4, -0.2) is 70.7 Å². The zero-order chi connectivity index (χ0) is 23.4. The van der Waals surface area contributed by atoms with E-state index in [9.17, 15) is 8.42 Å². The molecule has 0 amide bonds. The molecular formula is C24H41N3O4S. The molecular weight excluding hydrogens is 426 g/mol. The third-order valence-corrected chi connectivity index (χ3v) is 7.65. The lowest BCUT2D eigenvalue weighted by Gasteiger charge is -2.34. The Morgan fingerprint density at radius 1 is 1.06 bits per heavy atom. The minimum atomic E-state index is -3.60. The number of methoxy groups -OCH3 is 1. The predicted octanol–water partition coefficient (Wildman–Crippen LogP) is 4.29. The highest BCUT2D eigenvalue weighted by Crippen LogP contribution is 2.27. The number of anilines is 1. The van der Waals surface area contributed by atoms with Crippen molar-refractivity contribution in [2.45, 2.75) is 63.5 Å². The first-order valence-electron chi connectivity index (χ1n) is 11.7. The molecule has 7 nitrogen and oxygen atoms in total. The molecule has 1 aromatic carbocycles. The number of ether oxygens (including phenoxy) is 2. The van der Waals surface area contributed by atoms with E-state index >= 15 is 0 Å². The predicted molar refractivity (Wildman–Crippen MR) is 131 cm³/mol. The molecule has 0 unspecified atom stereocenters. The zero-order valence-electron chi connectivity index (χ0n) is 20.0. The van der Waals surface area contributed by atoms with Crippen LogP contribution in [0.2, 0.25) is 0 Å². The Morgan fingerprint density at radius 2 is 1.72 bits per heavy atom. The fraction of sp³-hybridized carbons (Fsp3) is 0.667. The largest absolute Gasteiger partial charge is 0.497 e. The van der Waals surface area contributed by atoms with Crippen LogP contribution in [0.5, 0.6) is 5.75 Å². The average Bonchev–Trinajstić information content (AvgIpc) is 2.79. The highest BCUT2D eigenvalue weighted by Gasteiger charge is 2.30. The molecule has 0 saturated heterocycles. The fourth-order valence-corrected chi connectivity index (χ4v) is 5.23. The zero-order valence-corrected chi connectivity index (χ0v) is 20.8. The minimum absolute atomic E-state index is 0.00171. The lowest BCUT2D eigenvalue weighted by atomic mass is 9.93. The van der Waals surface area contributed by atoms with E-state index in [1.807, 2.05) is 6.08 Å². The monoisotopic (exact) mass is 467 g/mol. The molecule has 0 aliphatic heterocycles. The number of hydrogen-bond donors (Lipinski definition) is 1. The summed E-state index contributed by atoms with van der Waals surface area (Å²) in [5.74, 6) is 0.691. The van der Waals surface area contributed by atoms with Crippen molar-refractivity contribution >= 4 is 15.9 Å². The quantitative estimate of drug-likeness (QED) is 0.308. The van der Waals surface area contributed by atoms with E-state index in [1.165, 1.54) is 23.6 Å². The summed E-state index contributed by atoms with van der Waals surface area (Å²) in [4.78, 5) is 2.28. The number of benzene rings is 1. The first-order valence-corrected chi connectivity index (χ1v) is 13.1. The van der Waals surface area contributed by atoms with Crippen molar-refractivity contribution in [3.05, 3.63) is 36.9 Å². The van der Waals surface area contributed by atoms with Gasteiger partial charge in [-0.3, -0.25) is 4.72 Å². The normalized spacial score (nSPS) is 19.3. The summed E-state index contributed by atoms with van der Waals surface area (Å²) in [6.45, 7) is 6.62. The number of hydrogen-bond acceptors (Lipinski definition) is 5. The van der Waals surface area contributed by atoms with E-state index in [0.29, 0.717) is 11.4 Å². The van der Waals surface area contributed by atoms with Gasteiger partial charge in [-0.05, 0) is 76.4 Å². The van der Waals surface area contributed by atoms with Gasteiger partial charge in [0.05, 0.1) is 18.9 Å². The minimum Gasteiger partial charge on any atom is -0.497 e. The molecule has 0 atom stereocenters. The molecule has 32 heavy (non-hydrogen) atoms. The molecule has 1 aliphatic carbocycles. The second-order valence-electron chi connectivity index (χ2n) is 8.62. The van der Waals surface area contributed by atoms with Gasteiger partial charge in [0.2, 0.25) is 0 Å². The maximum Gasteiger partial charge on any atom is 0.301 e. The smallest absolute Gasteiger partial charge is 0.301 e. The van der Waals surface area contributed by atoms with Gasteiger partial charge >= 0.3 is 10.2 Å². The summed E-state index contributed by atoms with van der Waals surface area (Å²) in [7, 11) is 1.77. The number of nitrogens with one attached hydrogen (secondary N) is 1. The van der Waals surface area contributed by atoms with Gasteiger partial charge in [-0.2, -0.15) is 12.7 Å². The molecule has 8 heteroatoms. The van der Waals surface area contributed by atoms with E-state index in [-0.39, 0.29) is 12.1 Å². The molecule has 1 aromatic rings. The van der Waals surface area contributed by atoms with Crippen molar-refractivity contribution in [1.82, 2.24) is 9.21 Å². The maximum absolute atomic E-state index is 12.8. The van der Waals surface area contributed by atoms with Gasteiger partial charge in [-0.1, -0.05) is 18.9 Å². The summed E-state index contributed by atoms with van der Waals surface area (Å²) in [5, 5.41) is 0. The second-order valence-corrected chi connectivity index (χ2v) is 10.3. The Kier molecular flexibility index (Phi) is 11.5. The van der Waals surface area contributed by atoms with Crippen LogP contribution in [0.15, 0.2) is 36.9 Å². The van der Waals surface area contributed by atoms with Gasteiger partial charge in [-0.15, -0.1) is 6.58 Å². The summed E-state index contributed by atoms with van der Waals surface area (Å²) >= 11 is 0. The molecule has 1 saturated carbocycles. The highest BCUT2D eigenvalue weighted by molar-refractivity contribution is 7.90. The van der Waals surface area contributed by atoms with Crippen molar-refractivity contribution in [2.75, 3.05) is 45.6 Å². The molecule has 0 spiro atoms. The highest BCUT2D eigenvalue weighted by atomic mass is 32.2. The summed E-state index contributed by atoms with van der Waals surface area (Å²) in [6.07, 6.45) is 10.3. The fourth-order valence-electron chi connectivity index (χ4n) is 4.05. The van der Waals surface area contributed by atoms with Gasteiger partial charge in [0.15, 0.2) is 0 Å². The Morgan fingerprint density at radius 3 is 2.34 bits per heavy atom. The molecule has 0 radical (unpaired) electrons. The number of rotatable bonds is 15. The van der Waals surface area contributed by atoms with Crippen LogP contribution < -0.4 is 9.46 Å². The first-order chi connectivity index (χ1) is 15.4. The Balaban J connectivity index is 1.63. The van der Waals surface area contributed by atoms with Crippen LogP contribution in [0.4, 0.5) is 5.69 Å². The molecule has 182 valence electrons. The van der Waals surface area contributed by atoms with Gasteiger partial charge in [-0.25, -0.2) is 0 Å². The van der Waals surface area contributed by atoms with Gasteiger partial charge in [0.25, 0.3) is 0 Å². The van der Waals surface area contributed by atoms with Crippen molar-refractivity contribution in [2.24, 2.45) is 0 Å². The third-order valence-electron chi connectivity index (χ3n) is 6.10. The molecule has 2 rings (SSSR count). The van der Waals surface area contributed by atoms with Crippen LogP contribution >= 0.6 is 0 Å². The number of likely N-dealkylation sites (N-methyl/N-ethyl adjacent to an activating group) is 1. The first kappa shape index (κ1) is 26.6. The van der Waals surface area contributed by atoms with Gasteiger partial charge in [0, 0.05) is 26.2 Å². The Hall–Kier alpha value is -1.61. The van der Waals surface area contributed by atoms with Crippen LogP contribution in [0.3, 0.4) is 0 Å². The van der Waals surface area contributed by atoms with E-state index in [0.717, 1.165) is 51.8 Å². The Bertz CT molecular complexity index is 762. The molecule has 0 bridgehead atoms. The summed E-state index contributed by atoms with van der Waals surface area (Å²) < 4.78 is 40.8. The van der Waals surface area contributed by atoms with Crippen LogP contribution in [0, 0.1) is 0 Å². The SMILES string of the molecule is C=CCN(C)CCCCCCOC1CCC(N(C)S(=O)(=O)Nc2ccc(OC)cc2)CC1. The molecule has 1 N–H and O–H groups in total. The van der Waals surface area contributed by atoms with E-state index < -0.39 is 10.2 Å². The third kappa shape index (κ3) is 9.10. The lowest BCUT2D eigenvalue weighted by molar-refractivity contribution is 0.0157. The topological polar surface area (TPSA) is 71.1 Å². The summed E-state index contributed by atoms with van der Waals surface area (Å²) in [6, 6.07) is 6.88.